The average molecular weight is 581 g/mol. The van der Waals surface area contributed by atoms with Crippen molar-refractivity contribution in [3.05, 3.63) is 0 Å². The van der Waals surface area contributed by atoms with Gasteiger partial charge in [0.1, 0.15) is 36.1 Å². The highest BCUT2D eigenvalue weighted by Gasteiger charge is 2.52. The minimum atomic E-state index is -1.49. The lowest BCUT2D eigenvalue weighted by molar-refractivity contribution is -0.307. The van der Waals surface area contributed by atoms with Gasteiger partial charge in [-0.1, -0.05) is 0 Å². The third-order valence-corrected chi connectivity index (χ3v) is 7.75. The maximum atomic E-state index is 12.5. The Kier molecular flexibility index (Phi) is 12.4. The Bertz CT molecular complexity index is 799. The van der Waals surface area contributed by atoms with Crippen LogP contribution < -0.4 is 33.2 Å². The Morgan fingerprint density at radius 2 is 1.82 bits per heavy atom. The van der Waals surface area contributed by atoms with Crippen molar-refractivity contribution in [2.45, 2.75) is 105 Å². The number of ether oxygens (including phenoxy) is 4. The molecule has 3 rings (SSSR count). The summed E-state index contributed by atoms with van der Waals surface area (Å²) in [6, 6.07) is -3.03. The van der Waals surface area contributed by atoms with Crippen molar-refractivity contribution in [2.24, 2.45) is 17.2 Å². The van der Waals surface area contributed by atoms with Gasteiger partial charge < -0.3 is 77.6 Å². The normalized spacial score (nSPS) is 43.3. The molecule has 1 saturated carbocycles. The van der Waals surface area contributed by atoms with Crippen LogP contribution in [-0.4, -0.2) is 150 Å². The summed E-state index contributed by atoms with van der Waals surface area (Å²) >= 11 is 0. The van der Waals surface area contributed by atoms with Gasteiger partial charge in [0.15, 0.2) is 12.6 Å². The lowest BCUT2D eigenvalue weighted by Gasteiger charge is -2.49. The number of rotatable bonds is 12. The van der Waals surface area contributed by atoms with Gasteiger partial charge in [0.2, 0.25) is 5.91 Å². The van der Waals surface area contributed by atoms with Crippen LogP contribution in [0.2, 0.25) is 0 Å². The van der Waals surface area contributed by atoms with Crippen molar-refractivity contribution < 1.29 is 49.3 Å². The van der Waals surface area contributed by atoms with Crippen molar-refractivity contribution in [1.29, 1.82) is 0 Å². The molecule has 14 N–H and O–H groups in total. The number of likely N-dealkylation sites (N-methyl/N-ethyl adjacent to an activating group) is 1. The molecule has 2 heterocycles. The summed E-state index contributed by atoms with van der Waals surface area (Å²) in [5, 5.41) is 60.4. The highest BCUT2D eigenvalue weighted by atomic mass is 16.7. The van der Waals surface area contributed by atoms with E-state index in [4.69, 9.17) is 41.3 Å². The van der Waals surface area contributed by atoms with Gasteiger partial charge in [0.25, 0.3) is 0 Å². The Balaban J connectivity index is 1.78. The predicted octanol–water partition coefficient (Wildman–Crippen LogP) is -5.88. The maximum Gasteiger partial charge on any atom is 0.250 e. The number of carbonyl (C=O) groups is 1. The van der Waals surface area contributed by atoms with Crippen molar-refractivity contribution in [3.8, 4) is 0 Å². The SMILES string of the molecule is CN[C@@H]1[C@@H](O)[C@@H](O[C@@H]2[C@H](O)[C@H](O[C@H]3O[C@H](CNCCO)CC[C@H]3N)[C@@H](N)C[C@H]2NC(=O)[C@@H](O)CN)OC[C@]1(C)O. The third kappa shape index (κ3) is 8.05. The first-order chi connectivity index (χ1) is 18.9. The quantitative estimate of drug-likeness (QED) is 0.0959. The standard InChI is InChI=1S/C24H48N6O10/c1-24(36)10-37-23(17(34)20(24)28-2)40-19-14(30-21(35)15(32)8-25)7-13(27)18(16(19)33)39-22-12(26)4-3-11(38-22)9-29-5-6-31/h11-20,22-23,28-29,31-34,36H,3-10,25-27H2,1-2H3,(H,30,35)/t11-,12+,13-,14+,15-,16+,17+,18+,19-,20+,22+,23+,24-/m0/s1. The van der Waals surface area contributed by atoms with Crippen molar-refractivity contribution in [2.75, 3.05) is 39.9 Å². The smallest absolute Gasteiger partial charge is 0.250 e. The fourth-order valence-electron chi connectivity index (χ4n) is 5.50. The number of amides is 1. The molecule has 0 radical (unpaired) electrons. The van der Waals surface area contributed by atoms with Gasteiger partial charge in [-0.25, -0.2) is 0 Å². The van der Waals surface area contributed by atoms with Crippen LogP contribution >= 0.6 is 0 Å². The van der Waals surface area contributed by atoms with Crippen LogP contribution in [0.4, 0.5) is 0 Å². The summed E-state index contributed by atoms with van der Waals surface area (Å²) in [5.41, 5.74) is 16.7. The molecule has 2 aliphatic heterocycles. The second kappa shape index (κ2) is 14.9. The number of nitrogens with two attached hydrogens (primary N) is 3. The Hall–Kier alpha value is -1.09. The van der Waals surface area contributed by atoms with E-state index in [0.717, 1.165) is 0 Å². The molecule has 234 valence electrons. The number of aliphatic hydroxyl groups is 5. The van der Waals surface area contributed by atoms with Crippen LogP contribution in [0.5, 0.6) is 0 Å². The summed E-state index contributed by atoms with van der Waals surface area (Å²) in [5.74, 6) is -0.781. The molecule has 0 unspecified atom stereocenters. The van der Waals surface area contributed by atoms with Crippen molar-refractivity contribution >= 4 is 5.91 Å². The summed E-state index contributed by atoms with van der Waals surface area (Å²) < 4.78 is 23.8. The molecular formula is C24H48N6O10. The van der Waals surface area contributed by atoms with E-state index in [2.05, 4.69) is 16.0 Å². The van der Waals surface area contributed by atoms with Gasteiger partial charge in [0.05, 0.1) is 37.4 Å². The van der Waals surface area contributed by atoms with Crippen LogP contribution in [0.15, 0.2) is 0 Å². The first kappa shape index (κ1) is 33.4. The van der Waals surface area contributed by atoms with E-state index in [9.17, 15) is 25.2 Å². The minimum absolute atomic E-state index is 0.0112. The molecule has 1 amide bonds. The molecule has 16 nitrogen and oxygen atoms in total. The highest BCUT2D eigenvalue weighted by molar-refractivity contribution is 5.81. The number of aliphatic hydroxyl groups excluding tert-OH is 4. The van der Waals surface area contributed by atoms with Gasteiger partial charge in [-0.3, -0.25) is 4.79 Å². The fraction of sp³-hybridized carbons (Fsp3) is 0.958. The largest absolute Gasteiger partial charge is 0.395 e. The van der Waals surface area contributed by atoms with E-state index in [1.54, 1.807) is 7.05 Å². The van der Waals surface area contributed by atoms with E-state index in [-0.39, 0.29) is 32.3 Å². The van der Waals surface area contributed by atoms with Gasteiger partial charge in [0, 0.05) is 25.7 Å². The molecular weight excluding hydrogens is 532 g/mol. The van der Waals surface area contributed by atoms with Crippen LogP contribution in [0.25, 0.3) is 0 Å². The first-order valence-corrected chi connectivity index (χ1v) is 13.8. The summed E-state index contributed by atoms with van der Waals surface area (Å²) in [6.45, 7) is 1.88. The zero-order chi connectivity index (χ0) is 29.6. The first-order valence-electron chi connectivity index (χ1n) is 13.8. The predicted molar refractivity (Wildman–Crippen MR) is 140 cm³/mol. The van der Waals surface area contributed by atoms with E-state index >= 15 is 0 Å². The van der Waals surface area contributed by atoms with Crippen molar-refractivity contribution in [1.82, 2.24) is 16.0 Å². The zero-order valence-corrected chi connectivity index (χ0v) is 23.1. The number of carbonyl (C=O) groups excluding carboxylic acids is 1. The van der Waals surface area contributed by atoms with Crippen LogP contribution in [-0.2, 0) is 23.7 Å². The van der Waals surface area contributed by atoms with Crippen LogP contribution in [0, 0.1) is 0 Å². The van der Waals surface area contributed by atoms with Gasteiger partial charge in [-0.05, 0) is 33.2 Å². The molecule has 0 aromatic carbocycles. The molecule has 2 saturated heterocycles. The maximum absolute atomic E-state index is 12.5. The average Bonchev–Trinajstić information content (AvgIpc) is 2.91. The number of hydrogen-bond acceptors (Lipinski definition) is 15. The molecule has 3 aliphatic rings. The van der Waals surface area contributed by atoms with E-state index in [1.165, 1.54) is 6.92 Å². The summed E-state index contributed by atoms with van der Waals surface area (Å²) in [7, 11) is 1.57. The van der Waals surface area contributed by atoms with Crippen LogP contribution in [0.1, 0.15) is 26.2 Å². The Labute approximate surface area is 233 Å². The molecule has 0 spiro atoms. The van der Waals surface area contributed by atoms with Gasteiger partial charge in [-0.15, -0.1) is 0 Å². The fourth-order valence-corrected chi connectivity index (χ4v) is 5.50. The van der Waals surface area contributed by atoms with Crippen LogP contribution in [0.3, 0.4) is 0 Å². The molecule has 0 bridgehead atoms. The molecule has 16 heteroatoms. The van der Waals surface area contributed by atoms with E-state index < -0.39 is 78.8 Å². The lowest BCUT2D eigenvalue weighted by Crippen LogP contribution is -2.69. The Morgan fingerprint density at radius 3 is 2.48 bits per heavy atom. The second-order valence-corrected chi connectivity index (χ2v) is 11.0. The van der Waals surface area contributed by atoms with E-state index in [0.29, 0.717) is 25.9 Å². The van der Waals surface area contributed by atoms with Gasteiger partial charge >= 0.3 is 0 Å². The topological polar surface area (TPSA) is 269 Å². The molecule has 0 aromatic heterocycles. The van der Waals surface area contributed by atoms with Crippen molar-refractivity contribution in [3.63, 3.8) is 0 Å². The van der Waals surface area contributed by atoms with Gasteiger partial charge in [-0.2, -0.15) is 0 Å². The highest BCUT2D eigenvalue weighted by Crippen LogP contribution is 2.32. The number of hydrogen-bond donors (Lipinski definition) is 11. The summed E-state index contributed by atoms with van der Waals surface area (Å²) in [6.07, 6.45) is -7.62. The molecule has 40 heavy (non-hydrogen) atoms. The molecule has 1 aliphatic carbocycles. The lowest BCUT2D eigenvalue weighted by atomic mass is 9.83. The summed E-state index contributed by atoms with van der Waals surface area (Å²) in [4.78, 5) is 12.5. The Morgan fingerprint density at radius 1 is 1.12 bits per heavy atom. The molecule has 0 aromatic rings. The zero-order valence-electron chi connectivity index (χ0n) is 23.1. The number of nitrogens with one attached hydrogen (secondary N) is 3. The van der Waals surface area contributed by atoms with E-state index in [1.807, 2.05) is 0 Å². The monoisotopic (exact) mass is 580 g/mol. The molecule has 3 fully saturated rings. The second-order valence-electron chi connectivity index (χ2n) is 11.0. The molecule has 13 atom stereocenters. The minimum Gasteiger partial charge on any atom is -0.395 e. The third-order valence-electron chi connectivity index (χ3n) is 7.75.